The van der Waals surface area contributed by atoms with Gasteiger partial charge in [0, 0.05) is 19.0 Å². The first-order valence-corrected chi connectivity index (χ1v) is 8.05. The van der Waals surface area contributed by atoms with Crippen molar-refractivity contribution in [1.29, 1.82) is 0 Å². The summed E-state index contributed by atoms with van der Waals surface area (Å²) in [6, 6.07) is 11.0. The van der Waals surface area contributed by atoms with Crippen LogP contribution in [0.15, 0.2) is 30.3 Å². The number of hydrogen-bond acceptors (Lipinski definition) is 2. The molecule has 3 nitrogen and oxygen atoms in total. The number of halogens is 1. The molecule has 1 N–H and O–H groups in total. The van der Waals surface area contributed by atoms with Gasteiger partial charge in [0.1, 0.15) is 0 Å². The van der Waals surface area contributed by atoms with E-state index in [4.69, 9.17) is 0 Å². The van der Waals surface area contributed by atoms with Crippen molar-refractivity contribution >= 4 is 18.3 Å². The Bertz CT molecular complexity index is 463. The minimum atomic E-state index is 0. The summed E-state index contributed by atoms with van der Waals surface area (Å²) < 4.78 is 0. The maximum absolute atomic E-state index is 12.9. The molecule has 1 saturated heterocycles. The number of nitrogens with one attached hydrogen (secondary N) is 1. The highest BCUT2D eigenvalue weighted by atomic mass is 35.5. The molecular formula is C18H29ClN2O. The van der Waals surface area contributed by atoms with Gasteiger partial charge in [-0.3, -0.25) is 4.79 Å². The Labute approximate surface area is 140 Å². The van der Waals surface area contributed by atoms with Crippen LogP contribution in [-0.4, -0.2) is 30.4 Å². The molecule has 22 heavy (non-hydrogen) atoms. The van der Waals surface area contributed by atoms with Crippen LogP contribution < -0.4 is 5.32 Å². The highest BCUT2D eigenvalue weighted by Gasteiger charge is 2.31. The quantitative estimate of drug-likeness (QED) is 0.916. The second-order valence-electron chi connectivity index (χ2n) is 6.63. The first-order chi connectivity index (χ1) is 10.0. The maximum atomic E-state index is 12.9. The number of piperidine rings is 1. The third-order valence-corrected chi connectivity index (χ3v) is 4.51. The number of nitrogens with zero attached hydrogens (tertiary/aromatic N) is 1. The van der Waals surface area contributed by atoms with Crippen LogP contribution >= 0.6 is 12.4 Å². The lowest BCUT2D eigenvalue weighted by Crippen LogP contribution is -2.44. The fraction of sp³-hybridized carbons (Fsp3) is 0.611. The zero-order valence-electron chi connectivity index (χ0n) is 14.1. The molecule has 1 aromatic rings. The molecule has 1 unspecified atom stereocenters. The van der Waals surface area contributed by atoms with Crippen LogP contribution in [0.2, 0.25) is 0 Å². The van der Waals surface area contributed by atoms with Crippen LogP contribution in [0.4, 0.5) is 0 Å². The predicted molar refractivity (Wildman–Crippen MR) is 94.2 cm³/mol. The van der Waals surface area contributed by atoms with E-state index in [0.29, 0.717) is 17.9 Å². The normalized spacial score (nSPS) is 22.8. The molecule has 1 aliphatic rings. The monoisotopic (exact) mass is 324 g/mol. The van der Waals surface area contributed by atoms with E-state index in [1.807, 2.05) is 18.0 Å². The lowest BCUT2D eigenvalue weighted by Gasteiger charge is -2.36. The fourth-order valence-electron chi connectivity index (χ4n) is 3.49. The Balaban J connectivity index is 0.00000242. The van der Waals surface area contributed by atoms with Crippen molar-refractivity contribution in [3.05, 3.63) is 35.9 Å². The third kappa shape index (κ3) is 4.47. The molecule has 2 rings (SSSR count). The van der Waals surface area contributed by atoms with E-state index < -0.39 is 0 Å². The largest absolute Gasteiger partial charge is 0.338 e. The molecule has 1 amide bonds. The van der Waals surface area contributed by atoms with E-state index in [2.05, 4.69) is 50.4 Å². The van der Waals surface area contributed by atoms with E-state index in [1.165, 1.54) is 5.56 Å². The lowest BCUT2D eigenvalue weighted by molar-refractivity contribution is -0.138. The number of carbonyl (C=O) groups is 1. The van der Waals surface area contributed by atoms with Crippen molar-refractivity contribution in [2.75, 3.05) is 13.6 Å². The number of rotatable bonds is 4. The summed E-state index contributed by atoms with van der Waals surface area (Å²) in [5, 5.41) is 3.42. The fourth-order valence-corrected chi connectivity index (χ4v) is 3.49. The molecule has 1 aliphatic heterocycles. The van der Waals surface area contributed by atoms with Crippen molar-refractivity contribution in [2.45, 2.75) is 45.7 Å². The number of benzene rings is 1. The van der Waals surface area contributed by atoms with Crippen LogP contribution in [0.3, 0.4) is 0 Å². The minimum Gasteiger partial charge on any atom is -0.338 e. The molecule has 4 heteroatoms. The maximum Gasteiger partial charge on any atom is 0.226 e. The Hall–Kier alpha value is -1.06. The van der Waals surface area contributed by atoms with Crippen molar-refractivity contribution < 1.29 is 4.79 Å². The zero-order valence-corrected chi connectivity index (χ0v) is 14.9. The summed E-state index contributed by atoms with van der Waals surface area (Å²) in [6.07, 6.45) is 1.90. The molecule has 0 bridgehead atoms. The van der Waals surface area contributed by atoms with Crippen LogP contribution in [0.5, 0.6) is 0 Å². The van der Waals surface area contributed by atoms with Crippen molar-refractivity contribution in [2.24, 2.45) is 11.8 Å². The molecule has 0 aromatic heterocycles. The third-order valence-electron chi connectivity index (χ3n) is 4.51. The summed E-state index contributed by atoms with van der Waals surface area (Å²) in [6.45, 7) is 7.48. The van der Waals surface area contributed by atoms with Gasteiger partial charge in [-0.1, -0.05) is 44.2 Å². The van der Waals surface area contributed by atoms with Gasteiger partial charge in [-0.15, -0.1) is 12.4 Å². The first-order valence-electron chi connectivity index (χ1n) is 8.05. The Morgan fingerprint density at radius 3 is 2.45 bits per heavy atom. The SMILES string of the molecule is CC(C)C(c1ccccc1)N(C)C(=O)[C@H]1CCN[C@@H](C)C1.Cl. The number of hydrogen-bond donors (Lipinski definition) is 1. The Morgan fingerprint density at radius 1 is 1.27 bits per heavy atom. The molecule has 1 fully saturated rings. The van der Waals surface area contributed by atoms with E-state index in [1.54, 1.807) is 0 Å². The van der Waals surface area contributed by atoms with E-state index in [0.717, 1.165) is 19.4 Å². The van der Waals surface area contributed by atoms with Gasteiger partial charge in [0.05, 0.1) is 6.04 Å². The van der Waals surface area contributed by atoms with Gasteiger partial charge < -0.3 is 10.2 Å². The second-order valence-corrected chi connectivity index (χ2v) is 6.63. The lowest BCUT2D eigenvalue weighted by atomic mass is 9.89. The summed E-state index contributed by atoms with van der Waals surface area (Å²) in [7, 11) is 1.96. The minimum absolute atomic E-state index is 0. The van der Waals surface area contributed by atoms with E-state index >= 15 is 0 Å². The van der Waals surface area contributed by atoms with Crippen molar-refractivity contribution in [3.63, 3.8) is 0 Å². The topological polar surface area (TPSA) is 32.3 Å². The Morgan fingerprint density at radius 2 is 1.91 bits per heavy atom. The highest BCUT2D eigenvalue weighted by molar-refractivity contribution is 5.85. The van der Waals surface area contributed by atoms with Crippen LogP contribution in [0.1, 0.15) is 45.2 Å². The van der Waals surface area contributed by atoms with Gasteiger partial charge in [0.25, 0.3) is 0 Å². The number of carbonyl (C=O) groups excluding carboxylic acids is 1. The highest BCUT2D eigenvalue weighted by Crippen LogP contribution is 2.30. The van der Waals surface area contributed by atoms with Crippen LogP contribution in [0.25, 0.3) is 0 Å². The van der Waals surface area contributed by atoms with Crippen LogP contribution in [-0.2, 0) is 4.79 Å². The average molecular weight is 325 g/mol. The summed E-state index contributed by atoms with van der Waals surface area (Å²) >= 11 is 0. The molecule has 1 aromatic carbocycles. The second kappa shape index (κ2) is 8.54. The van der Waals surface area contributed by atoms with Gasteiger partial charge in [-0.05, 0) is 37.8 Å². The average Bonchev–Trinajstić information content (AvgIpc) is 2.47. The van der Waals surface area contributed by atoms with Gasteiger partial charge in [0.15, 0.2) is 0 Å². The molecule has 3 atom stereocenters. The van der Waals surface area contributed by atoms with Gasteiger partial charge in [-0.25, -0.2) is 0 Å². The Kier molecular flexibility index (Phi) is 7.37. The standard InChI is InChI=1S/C18H28N2O.ClH/c1-13(2)17(15-8-6-5-7-9-15)20(4)18(21)16-10-11-19-14(3)12-16;/h5-9,13-14,16-17,19H,10-12H2,1-4H3;1H/t14-,16-,17?;/m0./s1. The van der Waals surface area contributed by atoms with Gasteiger partial charge in [0.2, 0.25) is 5.91 Å². The molecule has 0 spiro atoms. The number of amides is 1. The molecule has 1 heterocycles. The summed E-state index contributed by atoms with van der Waals surface area (Å²) in [4.78, 5) is 14.8. The molecular weight excluding hydrogens is 296 g/mol. The van der Waals surface area contributed by atoms with E-state index in [9.17, 15) is 4.79 Å². The van der Waals surface area contributed by atoms with Crippen LogP contribution in [0, 0.1) is 11.8 Å². The van der Waals surface area contributed by atoms with Gasteiger partial charge >= 0.3 is 0 Å². The molecule has 0 radical (unpaired) electrons. The van der Waals surface area contributed by atoms with E-state index in [-0.39, 0.29) is 24.4 Å². The summed E-state index contributed by atoms with van der Waals surface area (Å²) in [5.41, 5.74) is 1.23. The summed E-state index contributed by atoms with van der Waals surface area (Å²) in [5.74, 6) is 0.864. The van der Waals surface area contributed by atoms with Crippen molar-refractivity contribution in [1.82, 2.24) is 10.2 Å². The first kappa shape index (κ1) is 19.0. The molecule has 0 saturated carbocycles. The zero-order chi connectivity index (χ0) is 15.4. The predicted octanol–water partition coefficient (Wildman–Crippen LogP) is 3.65. The van der Waals surface area contributed by atoms with Gasteiger partial charge in [-0.2, -0.15) is 0 Å². The smallest absolute Gasteiger partial charge is 0.226 e. The van der Waals surface area contributed by atoms with Crippen molar-refractivity contribution in [3.8, 4) is 0 Å². The molecule has 0 aliphatic carbocycles. The molecule has 124 valence electrons.